The third-order valence-corrected chi connectivity index (χ3v) is 2.39. The smallest absolute Gasteiger partial charge is 0.0958 e. The van der Waals surface area contributed by atoms with Crippen molar-refractivity contribution in [1.29, 1.82) is 0 Å². The van der Waals surface area contributed by atoms with E-state index in [0.29, 0.717) is 0 Å². The van der Waals surface area contributed by atoms with Gasteiger partial charge in [-0.15, -0.1) is 0 Å². The Morgan fingerprint density at radius 3 is 3.13 bits per heavy atom. The fourth-order valence-electron chi connectivity index (χ4n) is 1.63. The molecule has 0 atom stereocenters. The van der Waals surface area contributed by atoms with Crippen LogP contribution in [0, 0.1) is 0 Å². The molecule has 0 fully saturated rings. The van der Waals surface area contributed by atoms with E-state index in [2.05, 4.69) is 9.55 Å². The van der Waals surface area contributed by atoms with Crippen LogP contribution >= 0.6 is 0 Å². The van der Waals surface area contributed by atoms with Gasteiger partial charge in [-0.2, -0.15) is 0 Å². The second-order valence-electron chi connectivity index (χ2n) is 3.53. The number of aryl methyl sites for hydroxylation is 1. The van der Waals surface area contributed by atoms with E-state index in [1.54, 1.807) is 7.11 Å². The van der Waals surface area contributed by atoms with E-state index in [0.717, 1.165) is 36.3 Å². The van der Waals surface area contributed by atoms with E-state index in [9.17, 15) is 0 Å². The Morgan fingerprint density at radius 1 is 1.47 bits per heavy atom. The first kappa shape index (κ1) is 9.98. The molecule has 1 aromatic carbocycles. The highest BCUT2D eigenvalue weighted by atomic mass is 16.5. The fourth-order valence-corrected chi connectivity index (χ4v) is 1.63. The zero-order chi connectivity index (χ0) is 10.7. The first-order valence-corrected chi connectivity index (χ1v) is 5.00. The molecule has 4 heteroatoms. The normalized spacial score (nSPS) is 11.0. The number of hydrogen-bond acceptors (Lipinski definition) is 3. The van der Waals surface area contributed by atoms with Crippen molar-refractivity contribution in [2.75, 3.05) is 19.5 Å². The molecular weight excluding hydrogens is 190 g/mol. The van der Waals surface area contributed by atoms with E-state index in [1.165, 1.54) is 0 Å². The summed E-state index contributed by atoms with van der Waals surface area (Å²) in [5.74, 6) is 0. The van der Waals surface area contributed by atoms with Crippen molar-refractivity contribution < 1.29 is 4.74 Å². The second-order valence-corrected chi connectivity index (χ2v) is 3.53. The average molecular weight is 205 g/mol. The highest BCUT2D eigenvalue weighted by molar-refractivity contribution is 5.78. The lowest BCUT2D eigenvalue weighted by molar-refractivity contribution is 0.190. The number of ether oxygens (including phenoxy) is 1. The Bertz CT molecular complexity index is 450. The molecule has 1 aromatic heterocycles. The summed E-state index contributed by atoms with van der Waals surface area (Å²) in [6.07, 6.45) is 2.83. The largest absolute Gasteiger partial charge is 0.399 e. The summed E-state index contributed by atoms with van der Waals surface area (Å²) >= 11 is 0. The molecule has 2 aromatic rings. The monoisotopic (exact) mass is 205 g/mol. The third-order valence-electron chi connectivity index (χ3n) is 2.39. The maximum Gasteiger partial charge on any atom is 0.0958 e. The number of methoxy groups -OCH3 is 1. The Morgan fingerprint density at radius 2 is 2.33 bits per heavy atom. The number of rotatable bonds is 4. The van der Waals surface area contributed by atoms with Crippen LogP contribution < -0.4 is 5.73 Å². The Labute approximate surface area is 88.7 Å². The average Bonchev–Trinajstić information content (AvgIpc) is 2.62. The lowest BCUT2D eigenvalue weighted by Gasteiger charge is -2.03. The quantitative estimate of drug-likeness (QED) is 0.610. The topological polar surface area (TPSA) is 53.1 Å². The fraction of sp³-hybridized carbons (Fsp3) is 0.364. The number of nitrogens with zero attached hydrogens (tertiary/aromatic N) is 2. The van der Waals surface area contributed by atoms with Gasteiger partial charge >= 0.3 is 0 Å². The van der Waals surface area contributed by atoms with Crippen LogP contribution in [0.15, 0.2) is 24.5 Å². The summed E-state index contributed by atoms with van der Waals surface area (Å²) < 4.78 is 7.12. The molecule has 1 heterocycles. The van der Waals surface area contributed by atoms with Gasteiger partial charge in [-0.05, 0) is 24.6 Å². The molecule has 0 aliphatic rings. The second kappa shape index (κ2) is 4.31. The van der Waals surface area contributed by atoms with Crippen LogP contribution in [-0.4, -0.2) is 23.3 Å². The van der Waals surface area contributed by atoms with Crippen molar-refractivity contribution in [2.24, 2.45) is 0 Å². The van der Waals surface area contributed by atoms with Crippen LogP contribution in [0.4, 0.5) is 5.69 Å². The van der Waals surface area contributed by atoms with Gasteiger partial charge in [0.15, 0.2) is 0 Å². The molecule has 0 saturated carbocycles. The SMILES string of the molecule is COCCCn1cnc2ccc(N)cc21. The molecule has 0 saturated heterocycles. The van der Waals surface area contributed by atoms with Crippen molar-refractivity contribution >= 4 is 16.7 Å². The van der Waals surface area contributed by atoms with E-state index in [1.807, 2.05) is 24.5 Å². The lowest BCUT2D eigenvalue weighted by Crippen LogP contribution is -2.00. The van der Waals surface area contributed by atoms with Crippen LogP contribution in [0.3, 0.4) is 0 Å². The lowest BCUT2D eigenvalue weighted by atomic mass is 10.3. The minimum Gasteiger partial charge on any atom is -0.399 e. The molecule has 2 N–H and O–H groups in total. The predicted octanol–water partition coefficient (Wildman–Crippen LogP) is 1.66. The summed E-state index contributed by atoms with van der Waals surface area (Å²) in [6, 6.07) is 5.77. The summed E-state index contributed by atoms with van der Waals surface area (Å²) in [6.45, 7) is 1.68. The molecule has 0 radical (unpaired) electrons. The maximum atomic E-state index is 5.74. The third kappa shape index (κ3) is 2.10. The molecular formula is C11H15N3O. The van der Waals surface area contributed by atoms with E-state index < -0.39 is 0 Å². The van der Waals surface area contributed by atoms with Crippen molar-refractivity contribution in [2.45, 2.75) is 13.0 Å². The summed E-state index contributed by atoms with van der Waals surface area (Å²) in [7, 11) is 1.71. The van der Waals surface area contributed by atoms with Crippen LogP contribution in [0.25, 0.3) is 11.0 Å². The van der Waals surface area contributed by atoms with Crippen molar-refractivity contribution in [3.05, 3.63) is 24.5 Å². The maximum absolute atomic E-state index is 5.74. The Hall–Kier alpha value is -1.55. The van der Waals surface area contributed by atoms with E-state index in [4.69, 9.17) is 10.5 Å². The number of fused-ring (bicyclic) bond motifs is 1. The number of anilines is 1. The van der Waals surface area contributed by atoms with Gasteiger partial charge in [-0.1, -0.05) is 0 Å². The number of imidazole rings is 1. The van der Waals surface area contributed by atoms with Gasteiger partial charge in [-0.25, -0.2) is 4.98 Å². The molecule has 0 bridgehead atoms. The molecule has 0 spiro atoms. The molecule has 0 amide bonds. The summed E-state index contributed by atoms with van der Waals surface area (Å²) in [5.41, 5.74) is 8.59. The van der Waals surface area contributed by atoms with Gasteiger partial charge in [0, 0.05) is 25.9 Å². The molecule has 0 aliphatic carbocycles. The number of benzene rings is 1. The van der Waals surface area contributed by atoms with E-state index >= 15 is 0 Å². The van der Waals surface area contributed by atoms with Crippen LogP contribution in [-0.2, 0) is 11.3 Å². The molecule has 15 heavy (non-hydrogen) atoms. The van der Waals surface area contributed by atoms with Gasteiger partial charge < -0.3 is 15.0 Å². The number of aromatic nitrogens is 2. The minimum absolute atomic E-state index is 0.766. The molecule has 2 rings (SSSR count). The van der Waals surface area contributed by atoms with Crippen molar-refractivity contribution in [3.63, 3.8) is 0 Å². The molecule has 0 aliphatic heterocycles. The van der Waals surface area contributed by atoms with Gasteiger partial charge in [-0.3, -0.25) is 0 Å². The first-order chi connectivity index (χ1) is 7.31. The highest BCUT2D eigenvalue weighted by Gasteiger charge is 2.01. The molecule has 0 unspecified atom stereocenters. The van der Waals surface area contributed by atoms with Crippen molar-refractivity contribution in [1.82, 2.24) is 9.55 Å². The number of nitrogen functional groups attached to an aromatic ring is 1. The molecule has 80 valence electrons. The predicted molar refractivity (Wildman–Crippen MR) is 60.6 cm³/mol. The summed E-state index contributed by atoms with van der Waals surface area (Å²) in [5, 5.41) is 0. The first-order valence-electron chi connectivity index (χ1n) is 5.00. The van der Waals surface area contributed by atoms with Crippen LogP contribution in [0.1, 0.15) is 6.42 Å². The highest BCUT2D eigenvalue weighted by Crippen LogP contribution is 2.16. The van der Waals surface area contributed by atoms with Crippen LogP contribution in [0.2, 0.25) is 0 Å². The van der Waals surface area contributed by atoms with Gasteiger partial charge in [0.1, 0.15) is 0 Å². The zero-order valence-corrected chi connectivity index (χ0v) is 8.81. The number of hydrogen-bond donors (Lipinski definition) is 1. The minimum atomic E-state index is 0.766. The Kier molecular flexibility index (Phi) is 2.87. The summed E-state index contributed by atoms with van der Waals surface area (Å²) in [4.78, 5) is 4.31. The van der Waals surface area contributed by atoms with Gasteiger partial charge in [0.25, 0.3) is 0 Å². The van der Waals surface area contributed by atoms with Gasteiger partial charge in [0.2, 0.25) is 0 Å². The van der Waals surface area contributed by atoms with E-state index in [-0.39, 0.29) is 0 Å². The Balaban J connectivity index is 2.23. The van der Waals surface area contributed by atoms with Crippen LogP contribution in [0.5, 0.6) is 0 Å². The van der Waals surface area contributed by atoms with Gasteiger partial charge in [0.05, 0.1) is 17.4 Å². The standard InChI is InChI=1S/C11H15N3O/c1-15-6-2-5-14-8-13-10-4-3-9(12)7-11(10)14/h3-4,7-8H,2,5-6,12H2,1H3. The molecule has 4 nitrogen and oxygen atoms in total. The number of nitrogens with two attached hydrogens (primary N) is 1. The van der Waals surface area contributed by atoms with Crippen molar-refractivity contribution in [3.8, 4) is 0 Å². The zero-order valence-electron chi connectivity index (χ0n) is 8.81.